The quantitative estimate of drug-likeness (QED) is 0.0882. The summed E-state index contributed by atoms with van der Waals surface area (Å²) in [6.45, 7) is 7.27. The van der Waals surface area contributed by atoms with Crippen LogP contribution in [0.2, 0.25) is 0 Å². The molecule has 10 N–H and O–H groups in total. The number of nitrogens with zero attached hydrogens (tertiary/aromatic N) is 1. The number of carbonyl (C=O) groups excluding carboxylic acids is 3. The second-order valence-electron chi connectivity index (χ2n) is 8.23. The van der Waals surface area contributed by atoms with Crippen LogP contribution < -0.4 is 33.2 Å². The summed E-state index contributed by atoms with van der Waals surface area (Å²) >= 11 is 0. The Hall–Kier alpha value is -2.89. The van der Waals surface area contributed by atoms with E-state index in [1.165, 1.54) is 0 Å². The molecule has 184 valence electrons. The molecular formula is C20H39N7O5. The largest absolute Gasteiger partial charge is 0.480 e. The van der Waals surface area contributed by atoms with Crippen molar-refractivity contribution >= 4 is 29.7 Å². The van der Waals surface area contributed by atoms with Gasteiger partial charge in [0, 0.05) is 6.54 Å². The van der Waals surface area contributed by atoms with Crippen LogP contribution >= 0.6 is 0 Å². The van der Waals surface area contributed by atoms with Crippen molar-refractivity contribution in [1.82, 2.24) is 16.0 Å². The van der Waals surface area contributed by atoms with Gasteiger partial charge in [-0.05, 0) is 31.1 Å². The summed E-state index contributed by atoms with van der Waals surface area (Å²) in [6, 6.07) is -2.86. The highest BCUT2D eigenvalue weighted by Crippen LogP contribution is 2.07. The van der Waals surface area contributed by atoms with Gasteiger partial charge in [-0.25, -0.2) is 4.79 Å². The van der Waals surface area contributed by atoms with Crippen LogP contribution in [0.25, 0.3) is 0 Å². The highest BCUT2D eigenvalue weighted by molar-refractivity contribution is 5.92. The maximum absolute atomic E-state index is 12.7. The first-order chi connectivity index (χ1) is 14.9. The zero-order chi connectivity index (χ0) is 24.8. The van der Waals surface area contributed by atoms with Gasteiger partial charge in [-0.3, -0.25) is 19.4 Å². The Bertz CT molecular complexity index is 665. The van der Waals surface area contributed by atoms with Gasteiger partial charge in [0.15, 0.2) is 5.96 Å². The van der Waals surface area contributed by atoms with E-state index in [-0.39, 0.29) is 43.7 Å². The van der Waals surface area contributed by atoms with Crippen LogP contribution in [0.5, 0.6) is 0 Å². The fourth-order valence-electron chi connectivity index (χ4n) is 2.78. The lowest BCUT2D eigenvalue weighted by Gasteiger charge is -2.23. The van der Waals surface area contributed by atoms with Crippen molar-refractivity contribution in [3.63, 3.8) is 0 Å². The van der Waals surface area contributed by atoms with Crippen molar-refractivity contribution in [2.45, 2.75) is 71.5 Å². The van der Waals surface area contributed by atoms with Crippen LogP contribution in [0.4, 0.5) is 0 Å². The fraction of sp³-hybridized carbons (Fsp3) is 0.750. The molecule has 12 nitrogen and oxygen atoms in total. The Kier molecular flexibility index (Phi) is 13.6. The van der Waals surface area contributed by atoms with Crippen molar-refractivity contribution in [3.05, 3.63) is 0 Å². The molecule has 0 rings (SSSR count). The Morgan fingerprint density at radius 2 is 1.62 bits per heavy atom. The maximum Gasteiger partial charge on any atom is 0.326 e. The molecule has 0 bridgehead atoms. The lowest BCUT2D eigenvalue weighted by atomic mass is 9.99. The molecule has 0 aromatic carbocycles. The van der Waals surface area contributed by atoms with E-state index >= 15 is 0 Å². The van der Waals surface area contributed by atoms with E-state index in [0.29, 0.717) is 12.8 Å². The van der Waals surface area contributed by atoms with Crippen LogP contribution in [0.1, 0.15) is 53.4 Å². The fourth-order valence-corrected chi connectivity index (χ4v) is 2.78. The van der Waals surface area contributed by atoms with E-state index in [4.69, 9.17) is 17.2 Å². The van der Waals surface area contributed by atoms with E-state index in [9.17, 15) is 24.3 Å². The first kappa shape index (κ1) is 29.1. The maximum atomic E-state index is 12.7. The number of rotatable bonds is 15. The van der Waals surface area contributed by atoms with E-state index in [1.807, 2.05) is 27.7 Å². The number of hydrogen-bond acceptors (Lipinski definition) is 6. The van der Waals surface area contributed by atoms with Gasteiger partial charge in [0.05, 0.1) is 12.6 Å². The number of guanidine groups is 1. The average molecular weight is 458 g/mol. The third kappa shape index (κ3) is 12.1. The molecule has 3 amide bonds. The molecule has 0 aliphatic carbocycles. The standard InChI is InChI=1S/C20H39N7O5/c1-5-12(4)16(21)18(30)25-10-15(28)26-13(7-6-8-24-20(22)23)17(29)27-14(19(31)32)9-11(2)3/h11-14,16H,5-10,21H2,1-4H3,(H,25,30)(H,26,28)(H,27,29)(H,31,32)(H4,22,23,24). The summed E-state index contributed by atoms with van der Waals surface area (Å²) < 4.78 is 0. The Balaban J connectivity index is 5.08. The predicted molar refractivity (Wildman–Crippen MR) is 121 cm³/mol. The zero-order valence-corrected chi connectivity index (χ0v) is 19.4. The predicted octanol–water partition coefficient (Wildman–Crippen LogP) is -1.37. The van der Waals surface area contributed by atoms with E-state index < -0.39 is 41.8 Å². The molecule has 0 fully saturated rings. The third-order valence-electron chi connectivity index (χ3n) is 4.90. The first-order valence-electron chi connectivity index (χ1n) is 10.8. The van der Waals surface area contributed by atoms with Gasteiger partial charge in [-0.1, -0.05) is 34.1 Å². The van der Waals surface area contributed by atoms with E-state index in [0.717, 1.165) is 0 Å². The second kappa shape index (κ2) is 15.0. The highest BCUT2D eigenvalue weighted by Gasteiger charge is 2.27. The van der Waals surface area contributed by atoms with Gasteiger partial charge >= 0.3 is 5.97 Å². The van der Waals surface area contributed by atoms with Gasteiger partial charge in [-0.15, -0.1) is 0 Å². The molecule has 0 spiro atoms. The highest BCUT2D eigenvalue weighted by atomic mass is 16.4. The van der Waals surface area contributed by atoms with Crippen molar-refractivity contribution < 1.29 is 24.3 Å². The number of carboxylic acids is 1. The van der Waals surface area contributed by atoms with Crippen LogP contribution in [-0.4, -0.2) is 66.0 Å². The van der Waals surface area contributed by atoms with Crippen LogP contribution in [0.15, 0.2) is 4.99 Å². The molecule has 12 heteroatoms. The number of carboxylic acid groups (broad SMARTS) is 1. The van der Waals surface area contributed by atoms with Gasteiger partial charge in [-0.2, -0.15) is 0 Å². The molecule has 4 atom stereocenters. The molecular weight excluding hydrogens is 418 g/mol. The number of carbonyl (C=O) groups is 4. The van der Waals surface area contributed by atoms with Gasteiger partial charge in [0.1, 0.15) is 12.1 Å². The van der Waals surface area contributed by atoms with Crippen LogP contribution in [0, 0.1) is 11.8 Å². The van der Waals surface area contributed by atoms with Crippen LogP contribution in [-0.2, 0) is 19.2 Å². The Morgan fingerprint density at radius 3 is 2.12 bits per heavy atom. The zero-order valence-electron chi connectivity index (χ0n) is 19.4. The number of nitrogens with two attached hydrogens (primary N) is 3. The van der Waals surface area contributed by atoms with E-state index in [2.05, 4.69) is 20.9 Å². The number of amides is 3. The molecule has 0 aliphatic rings. The summed E-state index contributed by atoms with van der Waals surface area (Å²) in [5.74, 6) is -2.99. The Labute approximate surface area is 189 Å². The minimum atomic E-state index is -1.16. The number of aliphatic imine (C=N–C) groups is 1. The summed E-state index contributed by atoms with van der Waals surface area (Å²) in [6.07, 6.45) is 1.48. The topological polar surface area (TPSA) is 215 Å². The second-order valence-corrected chi connectivity index (χ2v) is 8.23. The van der Waals surface area contributed by atoms with Crippen molar-refractivity contribution in [1.29, 1.82) is 0 Å². The minimum Gasteiger partial charge on any atom is -0.480 e. The molecule has 0 aliphatic heterocycles. The summed E-state index contributed by atoms with van der Waals surface area (Å²) in [4.78, 5) is 52.4. The summed E-state index contributed by atoms with van der Waals surface area (Å²) in [5, 5.41) is 16.8. The average Bonchev–Trinajstić information content (AvgIpc) is 2.71. The number of nitrogens with one attached hydrogen (secondary N) is 3. The van der Waals surface area contributed by atoms with Gasteiger partial charge < -0.3 is 38.3 Å². The lowest BCUT2D eigenvalue weighted by Crippen LogP contribution is -2.54. The molecule has 0 aromatic heterocycles. The van der Waals surface area contributed by atoms with Crippen molar-refractivity contribution in [3.8, 4) is 0 Å². The monoisotopic (exact) mass is 457 g/mol. The van der Waals surface area contributed by atoms with Gasteiger partial charge in [0.2, 0.25) is 17.7 Å². The molecule has 0 heterocycles. The summed E-state index contributed by atoms with van der Waals surface area (Å²) in [5.41, 5.74) is 16.4. The van der Waals surface area contributed by atoms with E-state index in [1.54, 1.807) is 0 Å². The first-order valence-corrected chi connectivity index (χ1v) is 10.8. The molecule has 0 saturated heterocycles. The number of aliphatic carboxylic acids is 1. The lowest BCUT2D eigenvalue weighted by molar-refractivity contribution is -0.142. The summed E-state index contributed by atoms with van der Waals surface area (Å²) in [7, 11) is 0. The van der Waals surface area contributed by atoms with Crippen molar-refractivity contribution in [2.75, 3.05) is 13.1 Å². The normalized spacial score (nSPS) is 14.6. The number of hydrogen-bond donors (Lipinski definition) is 7. The Morgan fingerprint density at radius 1 is 1.00 bits per heavy atom. The minimum absolute atomic E-state index is 0.0382. The van der Waals surface area contributed by atoms with Gasteiger partial charge in [0.25, 0.3) is 0 Å². The molecule has 0 radical (unpaired) electrons. The molecule has 0 saturated carbocycles. The SMILES string of the molecule is CCC(C)C(N)C(=O)NCC(=O)NC(CCCN=C(N)N)C(=O)NC(CC(C)C)C(=O)O. The molecule has 4 unspecified atom stereocenters. The molecule has 0 aromatic rings. The smallest absolute Gasteiger partial charge is 0.326 e. The van der Waals surface area contributed by atoms with Crippen molar-refractivity contribution in [2.24, 2.45) is 34.0 Å². The van der Waals surface area contributed by atoms with Crippen LogP contribution in [0.3, 0.4) is 0 Å². The third-order valence-corrected chi connectivity index (χ3v) is 4.90. The molecule has 32 heavy (non-hydrogen) atoms.